The zero-order valence-electron chi connectivity index (χ0n) is 14.1. The molecule has 3 rings (SSSR count). The number of methoxy groups -OCH3 is 1. The highest BCUT2D eigenvalue weighted by Crippen LogP contribution is 2.25. The van der Waals surface area contributed by atoms with Crippen molar-refractivity contribution in [3.8, 4) is 16.9 Å². The van der Waals surface area contributed by atoms with Crippen LogP contribution >= 0.6 is 0 Å². The van der Waals surface area contributed by atoms with Crippen LogP contribution in [0, 0.1) is 0 Å². The average Bonchev–Trinajstić information content (AvgIpc) is 2.68. The lowest BCUT2D eigenvalue weighted by molar-refractivity contribution is -0.139. The monoisotopic (exact) mass is 332 g/mol. The maximum atomic E-state index is 11.3. The van der Waals surface area contributed by atoms with Gasteiger partial charge < -0.3 is 9.47 Å². The Morgan fingerprint density at radius 3 is 2.24 bits per heavy atom. The maximum Gasteiger partial charge on any atom is 0.309 e. The first-order chi connectivity index (χ1) is 12.3. The summed E-state index contributed by atoms with van der Waals surface area (Å²) in [6.45, 7) is 0.488. The van der Waals surface area contributed by atoms with Gasteiger partial charge in [-0.3, -0.25) is 4.79 Å². The maximum absolute atomic E-state index is 11.3. The average molecular weight is 332 g/mol. The predicted octanol–water partition coefficient (Wildman–Crippen LogP) is 4.65. The van der Waals surface area contributed by atoms with Gasteiger partial charge in [-0.15, -0.1) is 0 Å². The number of carbonyl (C=O) groups is 1. The summed E-state index contributed by atoms with van der Waals surface area (Å²) in [6, 6.07) is 26.0. The molecule has 25 heavy (non-hydrogen) atoms. The molecule has 0 radical (unpaired) electrons. The number of ether oxygens (including phenoxy) is 2. The molecule has 0 unspecified atom stereocenters. The molecule has 126 valence electrons. The van der Waals surface area contributed by atoms with E-state index in [0.717, 1.165) is 16.9 Å². The second-order valence-electron chi connectivity index (χ2n) is 5.71. The van der Waals surface area contributed by atoms with E-state index in [4.69, 9.17) is 4.74 Å². The van der Waals surface area contributed by atoms with Crippen LogP contribution in [0.2, 0.25) is 0 Å². The summed E-state index contributed by atoms with van der Waals surface area (Å²) in [5, 5.41) is 0. The van der Waals surface area contributed by atoms with E-state index in [1.165, 1.54) is 18.2 Å². The van der Waals surface area contributed by atoms with Gasteiger partial charge in [0.15, 0.2) is 0 Å². The van der Waals surface area contributed by atoms with E-state index >= 15 is 0 Å². The summed E-state index contributed by atoms with van der Waals surface area (Å²) in [5.41, 5.74) is 4.39. The van der Waals surface area contributed by atoms with Crippen LogP contribution in [0.4, 0.5) is 0 Å². The van der Waals surface area contributed by atoms with Gasteiger partial charge in [-0.25, -0.2) is 0 Å². The zero-order chi connectivity index (χ0) is 17.5. The molecule has 0 spiro atoms. The van der Waals surface area contributed by atoms with Crippen LogP contribution in [0.5, 0.6) is 5.75 Å². The van der Waals surface area contributed by atoms with E-state index in [1.807, 2.05) is 54.6 Å². The molecule has 3 aromatic rings. The second-order valence-corrected chi connectivity index (χ2v) is 5.71. The third-order valence-corrected chi connectivity index (χ3v) is 4.00. The molecule has 3 aromatic carbocycles. The minimum Gasteiger partial charge on any atom is -0.489 e. The van der Waals surface area contributed by atoms with Crippen LogP contribution in [-0.2, 0) is 22.6 Å². The van der Waals surface area contributed by atoms with Gasteiger partial charge in [0.05, 0.1) is 13.5 Å². The lowest BCUT2D eigenvalue weighted by Gasteiger charge is -2.12. The summed E-state index contributed by atoms with van der Waals surface area (Å²) in [6.07, 6.45) is 0.271. The Morgan fingerprint density at radius 2 is 1.52 bits per heavy atom. The standard InChI is InChI=1S/C22H20O3/c1-24-22(23)15-17-11-13-20(14-12-17)25-16-19-9-5-6-10-21(19)18-7-3-2-4-8-18/h2-14H,15-16H2,1H3. The van der Waals surface area contributed by atoms with Crippen LogP contribution < -0.4 is 4.74 Å². The second kappa shape index (κ2) is 8.15. The third kappa shape index (κ3) is 4.48. The molecule has 0 atom stereocenters. The number of rotatable bonds is 6. The largest absolute Gasteiger partial charge is 0.489 e. The first-order valence-electron chi connectivity index (χ1n) is 8.18. The van der Waals surface area contributed by atoms with Gasteiger partial charge in [0, 0.05) is 0 Å². The Morgan fingerprint density at radius 1 is 0.840 bits per heavy atom. The molecule has 0 aromatic heterocycles. The minimum atomic E-state index is -0.245. The highest BCUT2D eigenvalue weighted by atomic mass is 16.5. The van der Waals surface area contributed by atoms with E-state index in [0.29, 0.717) is 6.61 Å². The first kappa shape index (κ1) is 16.8. The van der Waals surface area contributed by atoms with Crippen LogP contribution in [0.25, 0.3) is 11.1 Å². The van der Waals surface area contributed by atoms with Crippen molar-refractivity contribution >= 4 is 5.97 Å². The SMILES string of the molecule is COC(=O)Cc1ccc(OCc2ccccc2-c2ccccc2)cc1. The van der Waals surface area contributed by atoms with Gasteiger partial charge in [-0.05, 0) is 34.4 Å². The Kier molecular flexibility index (Phi) is 5.47. The number of esters is 1. The van der Waals surface area contributed by atoms with Crippen molar-refractivity contribution in [2.75, 3.05) is 7.11 Å². The Hall–Kier alpha value is -3.07. The summed E-state index contributed by atoms with van der Waals surface area (Å²) in [5.74, 6) is 0.530. The number of benzene rings is 3. The van der Waals surface area contributed by atoms with Crippen LogP contribution in [0.1, 0.15) is 11.1 Å². The van der Waals surface area contributed by atoms with E-state index in [9.17, 15) is 4.79 Å². The molecular formula is C22H20O3. The van der Waals surface area contributed by atoms with Crippen molar-refractivity contribution in [1.29, 1.82) is 0 Å². The lowest BCUT2D eigenvalue weighted by Crippen LogP contribution is -2.04. The smallest absolute Gasteiger partial charge is 0.309 e. The normalized spacial score (nSPS) is 10.3. The molecule has 3 nitrogen and oxygen atoms in total. The van der Waals surface area contributed by atoms with Crippen molar-refractivity contribution in [1.82, 2.24) is 0 Å². The molecule has 0 aliphatic carbocycles. The Balaban J connectivity index is 1.69. The molecule has 0 bridgehead atoms. The van der Waals surface area contributed by atoms with Gasteiger partial charge in [0.2, 0.25) is 0 Å². The fraction of sp³-hybridized carbons (Fsp3) is 0.136. The zero-order valence-corrected chi connectivity index (χ0v) is 14.1. The number of hydrogen-bond acceptors (Lipinski definition) is 3. The topological polar surface area (TPSA) is 35.5 Å². The molecule has 0 saturated carbocycles. The number of hydrogen-bond donors (Lipinski definition) is 0. The Labute approximate surface area is 147 Å². The van der Waals surface area contributed by atoms with Gasteiger partial charge in [-0.1, -0.05) is 66.7 Å². The summed E-state index contributed by atoms with van der Waals surface area (Å²) >= 11 is 0. The summed E-state index contributed by atoms with van der Waals surface area (Å²) < 4.78 is 10.6. The highest BCUT2D eigenvalue weighted by Gasteiger charge is 2.06. The van der Waals surface area contributed by atoms with Crippen molar-refractivity contribution in [3.63, 3.8) is 0 Å². The van der Waals surface area contributed by atoms with Crippen molar-refractivity contribution < 1.29 is 14.3 Å². The van der Waals surface area contributed by atoms with E-state index in [1.54, 1.807) is 0 Å². The number of carbonyl (C=O) groups excluding carboxylic acids is 1. The predicted molar refractivity (Wildman–Crippen MR) is 98.4 cm³/mol. The third-order valence-electron chi connectivity index (χ3n) is 4.00. The van der Waals surface area contributed by atoms with Gasteiger partial charge >= 0.3 is 5.97 Å². The molecule has 0 heterocycles. The van der Waals surface area contributed by atoms with Gasteiger partial charge in [-0.2, -0.15) is 0 Å². The van der Waals surface area contributed by atoms with Crippen molar-refractivity contribution in [2.24, 2.45) is 0 Å². The van der Waals surface area contributed by atoms with Gasteiger partial charge in [0.1, 0.15) is 12.4 Å². The fourth-order valence-corrected chi connectivity index (χ4v) is 2.65. The van der Waals surface area contributed by atoms with Crippen LogP contribution in [0.3, 0.4) is 0 Å². The summed E-state index contributed by atoms with van der Waals surface area (Å²) in [7, 11) is 1.39. The molecule has 0 N–H and O–H groups in total. The summed E-state index contributed by atoms with van der Waals surface area (Å²) in [4.78, 5) is 11.3. The molecule has 0 saturated heterocycles. The quantitative estimate of drug-likeness (QED) is 0.617. The first-order valence-corrected chi connectivity index (χ1v) is 8.18. The van der Waals surface area contributed by atoms with E-state index in [-0.39, 0.29) is 12.4 Å². The molecule has 0 aliphatic rings. The van der Waals surface area contributed by atoms with Crippen molar-refractivity contribution in [3.05, 3.63) is 90.0 Å². The van der Waals surface area contributed by atoms with E-state index in [2.05, 4.69) is 29.0 Å². The van der Waals surface area contributed by atoms with Crippen molar-refractivity contribution in [2.45, 2.75) is 13.0 Å². The molecule has 3 heteroatoms. The van der Waals surface area contributed by atoms with Crippen LogP contribution in [0.15, 0.2) is 78.9 Å². The molecule has 0 amide bonds. The molecular weight excluding hydrogens is 312 g/mol. The molecule has 0 fully saturated rings. The highest BCUT2D eigenvalue weighted by molar-refractivity contribution is 5.72. The van der Waals surface area contributed by atoms with Crippen LogP contribution in [-0.4, -0.2) is 13.1 Å². The lowest BCUT2D eigenvalue weighted by atomic mass is 10.0. The molecule has 0 aliphatic heterocycles. The minimum absolute atomic E-state index is 0.245. The van der Waals surface area contributed by atoms with Gasteiger partial charge in [0.25, 0.3) is 0 Å². The fourth-order valence-electron chi connectivity index (χ4n) is 2.65. The Bertz CT molecular complexity index is 823. The van der Waals surface area contributed by atoms with E-state index < -0.39 is 0 Å².